The lowest BCUT2D eigenvalue weighted by atomic mass is 9.98. The number of rotatable bonds is 9. The molecule has 1 saturated carbocycles. The molecule has 2 aliphatic carbocycles. The van der Waals surface area contributed by atoms with Crippen LogP contribution >= 0.6 is 0 Å². The van der Waals surface area contributed by atoms with Crippen LogP contribution in [0.4, 0.5) is 4.79 Å². The molecule has 0 aliphatic heterocycles. The molecule has 2 aliphatic rings. The van der Waals surface area contributed by atoms with Crippen molar-refractivity contribution in [2.45, 2.75) is 44.6 Å². The molecule has 0 heterocycles. The fraction of sp³-hybridized carbons (Fsp3) is 0.423. The lowest BCUT2D eigenvalue weighted by Gasteiger charge is -2.29. The lowest BCUT2D eigenvalue weighted by Crippen LogP contribution is -2.49. The number of benzene rings is 2. The van der Waals surface area contributed by atoms with E-state index in [-0.39, 0.29) is 31.4 Å². The quantitative estimate of drug-likeness (QED) is 0.602. The van der Waals surface area contributed by atoms with Gasteiger partial charge in [0.05, 0.1) is 0 Å². The van der Waals surface area contributed by atoms with Crippen LogP contribution in [-0.2, 0) is 14.3 Å². The summed E-state index contributed by atoms with van der Waals surface area (Å²) < 4.78 is 5.59. The van der Waals surface area contributed by atoms with Crippen LogP contribution in [0.1, 0.15) is 50.2 Å². The number of alkyl carbamates (subject to hydrolysis) is 1. The van der Waals surface area contributed by atoms with Crippen molar-refractivity contribution in [2.24, 2.45) is 5.92 Å². The van der Waals surface area contributed by atoms with Crippen LogP contribution in [0.5, 0.6) is 0 Å². The highest BCUT2D eigenvalue weighted by Crippen LogP contribution is 2.44. The zero-order valence-corrected chi connectivity index (χ0v) is 19.0. The maximum absolute atomic E-state index is 12.8. The second-order valence-corrected chi connectivity index (χ2v) is 9.62. The SMILES string of the molecule is CC(C)(CC(=O)N(CC(=O)O)CC1CC1)NC(=O)OCC1c2ccccc2-c2ccccc21. The van der Waals surface area contributed by atoms with Gasteiger partial charge in [-0.2, -0.15) is 0 Å². The number of hydrogen-bond donors (Lipinski definition) is 2. The van der Waals surface area contributed by atoms with Crippen molar-refractivity contribution >= 4 is 18.0 Å². The maximum atomic E-state index is 12.8. The summed E-state index contributed by atoms with van der Waals surface area (Å²) >= 11 is 0. The van der Waals surface area contributed by atoms with Crippen LogP contribution < -0.4 is 5.32 Å². The summed E-state index contributed by atoms with van der Waals surface area (Å²) in [7, 11) is 0. The van der Waals surface area contributed by atoms with E-state index in [9.17, 15) is 14.4 Å². The molecular formula is C26H30N2O5. The first-order chi connectivity index (χ1) is 15.7. The molecule has 7 nitrogen and oxygen atoms in total. The van der Waals surface area contributed by atoms with Gasteiger partial charge in [-0.15, -0.1) is 0 Å². The van der Waals surface area contributed by atoms with E-state index in [0.717, 1.165) is 35.1 Å². The smallest absolute Gasteiger partial charge is 0.407 e. The average Bonchev–Trinajstić information content (AvgIpc) is 3.51. The van der Waals surface area contributed by atoms with E-state index < -0.39 is 17.6 Å². The maximum Gasteiger partial charge on any atom is 0.407 e. The van der Waals surface area contributed by atoms with Gasteiger partial charge in [-0.05, 0) is 54.9 Å². The van der Waals surface area contributed by atoms with Gasteiger partial charge in [-0.3, -0.25) is 9.59 Å². The highest BCUT2D eigenvalue weighted by atomic mass is 16.5. The van der Waals surface area contributed by atoms with Crippen molar-refractivity contribution in [2.75, 3.05) is 19.7 Å². The number of carboxylic acids is 1. The molecule has 0 spiro atoms. The molecule has 2 aromatic rings. The van der Waals surface area contributed by atoms with E-state index in [4.69, 9.17) is 9.84 Å². The third-order valence-electron chi connectivity index (χ3n) is 6.23. The molecule has 0 aromatic heterocycles. The summed E-state index contributed by atoms with van der Waals surface area (Å²) in [6, 6.07) is 16.2. The van der Waals surface area contributed by atoms with E-state index in [0.29, 0.717) is 12.5 Å². The van der Waals surface area contributed by atoms with Crippen molar-refractivity contribution in [1.29, 1.82) is 0 Å². The number of nitrogens with zero attached hydrogens (tertiary/aromatic N) is 1. The second kappa shape index (κ2) is 9.25. The van der Waals surface area contributed by atoms with Gasteiger partial charge in [0.1, 0.15) is 13.2 Å². The topological polar surface area (TPSA) is 95.9 Å². The Balaban J connectivity index is 1.35. The predicted octanol–water partition coefficient (Wildman–Crippen LogP) is 4.02. The van der Waals surface area contributed by atoms with Gasteiger partial charge in [-0.1, -0.05) is 48.5 Å². The molecule has 0 bridgehead atoms. The highest BCUT2D eigenvalue weighted by molar-refractivity contribution is 5.83. The molecule has 1 fully saturated rings. The van der Waals surface area contributed by atoms with Gasteiger partial charge in [0, 0.05) is 24.4 Å². The number of hydrogen-bond acceptors (Lipinski definition) is 4. The number of fused-ring (bicyclic) bond motifs is 3. The monoisotopic (exact) mass is 450 g/mol. The minimum absolute atomic E-state index is 0.00278. The van der Waals surface area contributed by atoms with Gasteiger partial charge in [0.15, 0.2) is 0 Å². The first-order valence-electron chi connectivity index (χ1n) is 11.4. The number of carboxylic acid groups (broad SMARTS) is 1. The minimum atomic E-state index is -1.04. The summed E-state index contributed by atoms with van der Waals surface area (Å²) in [4.78, 5) is 37.9. The van der Waals surface area contributed by atoms with E-state index in [1.54, 1.807) is 13.8 Å². The van der Waals surface area contributed by atoms with Crippen LogP contribution in [0.3, 0.4) is 0 Å². The second-order valence-electron chi connectivity index (χ2n) is 9.62. The predicted molar refractivity (Wildman–Crippen MR) is 124 cm³/mol. The minimum Gasteiger partial charge on any atom is -0.480 e. The van der Waals surface area contributed by atoms with Crippen molar-refractivity contribution in [3.05, 3.63) is 59.7 Å². The van der Waals surface area contributed by atoms with Gasteiger partial charge < -0.3 is 20.1 Å². The fourth-order valence-electron chi connectivity index (χ4n) is 4.47. The number of amides is 2. The Kier molecular flexibility index (Phi) is 6.40. The third-order valence-corrected chi connectivity index (χ3v) is 6.23. The number of ether oxygens (including phenoxy) is 1. The largest absolute Gasteiger partial charge is 0.480 e. The van der Waals surface area contributed by atoms with Gasteiger partial charge >= 0.3 is 12.1 Å². The third kappa shape index (κ3) is 5.53. The Labute approximate surface area is 193 Å². The Morgan fingerprint density at radius 2 is 1.61 bits per heavy atom. The summed E-state index contributed by atoms with van der Waals surface area (Å²) in [5.74, 6) is -0.983. The summed E-state index contributed by atoms with van der Waals surface area (Å²) in [5.41, 5.74) is 3.69. The van der Waals surface area contributed by atoms with Gasteiger partial charge in [0.2, 0.25) is 5.91 Å². The zero-order valence-electron chi connectivity index (χ0n) is 19.0. The standard InChI is InChI=1S/C26H30N2O5/c1-26(2,13-23(29)28(15-24(30)31)14-17-11-12-17)27-25(32)33-16-22-20-9-5-3-7-18(20)19-8-4-6-10-21(19)22/h3-10,17,22H,11-16H2,1-2H3,(H,27,32)(H,30,31). The molecule has 0 radical (unpaired) electrons. The summed E-state index contributed by atoms with van der Waals surface area (Å²) in [6.07, 6.45) is 1.44. The Bertz CT molecular complexity index is 1010. The highest BCUT2D eigenvalue weighted by Gasteiger charge is 2.33. The Hall–Kier alpha value is -3.35. The van der Waals surface area contributed by atoms with Crippen LogP contribution in [0, 0.1) is 5.92 Å². The lowest BCUT2D eigenvalue weighted by molar-refractivity contribution is -0.145. The van der Waals surface area contributed by atoms with Crippen LogP contribution in [0.2, 0.25) is 0 Å². The van der Waals surface area contributed by atoms with E-state index in [1.165, 1.54) is 4.90 Å². The number of carbonyl (C=O) groups is 3. The number of nitrogens with one attached hydrogen (secondary N) is 1. The van der Waals surface area contributed by atoms with E-state index in [1.807, 2.05) is 24.3 Å². The molecule has 174 valence electrons. The van der Waals surface area contributed by atoms with Crippen molar-refractivity contribution in [1.82, 2.24) is 10.2 Å². The normalized spacial score (nSPS) is 14.8. The van der Waals surface area contributed by atoms with Crippen molar-refractivity contribution < 1.29 is 24.2 Å². The average molecular weight is 451 g/mol. The van der Waals surface area contributed by atoms with Crippen molar-refractivity contribution in [3.63, 3.8) is 0 Å². The van der Waals surface area contributed by atoms with Gasteiger partial charge in [-0.25, -0.2) is 4.79 Å². The Morgan fingerprint density at radius 3 is 2.15 bits per heavy atom. The Morgan fingerprint density at radius 1 is 1.03 bits per heavy atom. The van der Waals surface area contributed by atoms with Crippen molar-refractivity contribution in [3.8, 4) is 11.1 Å². The van der Waals surface area contributed by atoms with Crippen LogP contribution in [0.25, 0.3) is 11.1 Å². The molecule has 33 heavy (non-hydrogen) atoms. The molecule has 4 rings (SSSR count). The molecule has 0 saturated heterocycles. The molecule has 2 amide bonds. The molecule has 2 N–H and O–H groups in total. The molecule has 7 heteroatoms. The first kappa shape index (κ1) is 22.8. The molecule has 0 atom stereocenters. The zero-order chi connectivity index (χ0) is 23.6. The number of carbonyl (C=O) groups excluding carboxylic acids is 2. The van der Waals surface area contributed by atoms with E-state index in [2.05, 4.69) is 29.6 Å². The number of aliphatic carboxylic acids is 1. The first-order valence-corrected chi connectivity index (χ1v) is 11.4. The van der Waals surface area contributed by atoms with Gasteiger partial charge in [0.25, 0.3) is 0 Å². The molecule has 0 unspecified atom stereocenters. The summed E-state index contributed by atoms with van der Waals surface area (Å²) in [6.45, 7) is 3.80. The van der Waals surface area contributed by atoms with Crippen LogP contribution in [0.15, 0.2) is 48.5 Å². The van der Waals surface area contributed by atoms with E-state index >= 15 is 0 Å². The molecular weight excluding hydrogens is 420 g/mol. The molecule has 2 aromatic carbocycles. The fourth-order valence-corrected chi connectivity index (χ4v) is 4.47. The van der Waals surface area contributed by atoms with Crippen LogP contribution in [-0.4, -0.2) is 53.2 Å². The summed E-state index contributed by atoms with van der Waals surface area (Å²) in [5, 5.41) is 11.9.